The lowest BCUT2D eigenvalue weighted by molar-refractivity contribution is 0.598. The van der Waals surface area contributed by atoms with Crippen LogP contribution in [0.2, 0.25) is 0 Å². The Hall–Kier alpha value is -1.60. The average molecular weight is 253 g/mol. The highest BCUT2D eigenvalue weighted by Gasteiger charge is 2.25. The van der Waals surface area contributed by atoms with E-state index < -0.39 is 5.54 Å². The maximum Gasteiger partial charge on any atom is 0.0639 e. The van der Waals surface area contributed by atoms with Gasteiger partial charge in [0.1, 0.15) is 0 Å². The molecule has 0 saturated heterocycles. The molecule has 0 bridgehead atoms. The van der Waals surface area contributed by atoms with Gasteiger partial charge in [0.05, 0.1) is 5.54 Å². The summed E-state index contributed by atoms with van der Waals surface area (Å²) >= 11 is 0. The molecule has 0 spiro atoms. The Labute approximate surface area is 116 Å². The zero-order valence-corrected chi connectivity index (χ0v) is 12.3. The van der Waals surface area contributed by atoms with E-state index >= 15 is 0 Å². The van der Waals surface area contributed by atoms with Crippen LogP contribution >= 0.6 is 0 Å². The van der Waals surface area contributed by atoms with Crippen molar-refractivity contribution in [2.24, 2.45) is 5.73 Å². The minimum absolute atomic E-state index is 0.442. The van der Waals surface area contributed by atoms with Gasteiger partial charge in [0.2, 0.25) is 0 Å². The van der Waals surface area contributed by atoms with Crippen molar-refractivity contribution < 1.29 is 0 Å². The van der Waals surface area contributed by atoms with Gasteiger partial charge in [0.25, 0.3) is 0 Å². The predicted molar refractivity (Wildman–Crippen MR) is 82.4 cm³/mol. The summed E-state index contributed by atoms with van der Waals surface area (Å²) < 4.78 is 0. The molecule has 2 aromatic carbocycles. The molecular formula is C18H23N. The second-order valence-corrected chi connectivity index (χ2v) is 5.57. The molecule has 0 heterocycles. The molecule has 1 heteroatoms. The lowest BCUT2D eigenvalue weighted by Gasteiger charge is -2.28. The van der Waals surface area contributed by atoms with E-state index in [4.69, 9.17) is 5.73 Å². The van der Waals surface area contributed by atoms with Crippen molar-refractivity contribution in [3.05, 3.63) is 70.3 Å². The summed E-state index contributed by atoms with van der Waals surface area (Å²) in [7, 11) is 0. The van der Waals surface area contributed by atoms with Crippen LogP contribution in [0.15, 0.2) is 42.5 Å². The maximum atomic E-state index is 6.62. The van der Waals surface area contributed by atoms with Crippen LogP contribution in [0, 0.1) is 13.8 Å². The minimum Gasteiger partial charge on any atom is -0.318 e. The fourth-order valence-electron chi connectivity index (χ4n) is 2.54. The largest absolute Gasteiger partial charge is 0.318 e. The van der Waals surface area contributed by atoms with Gasteiger partial charge in [-0.3, -0.25) is 0 Å². The monoisotopic (exact) mass is 253 g/mol. The third-order valence-electron chi connectivity index (χ3n) is 3.91. The van der Waals surface area contributed by atoms with E-state index in [9.17, 15) is 0 Å². The van der Waals surface area contributed by atoms with Crippen LogP contribution in [-0.2, 0) is 12.0 Å². The maximum absolute atomic E-state index is 6.62. The molecule has 1 unspecified atom stereocenters. The Bertz CT molecular complexity index is 565. The first kappa shape index (κ1) is 13.8. The third kappa shape index (κ3) is 2.71. The van der Waals surface area contributed by atoms with E-state index in [1.165, 1.54) is 27.8 Å². The minimum atomic E-state index is -0.442. The number of hydrogen-bond acceptors (Lipinski definition) is 1. The van der Waals surface area contributed by atoms with Crippen LogP contribution in [0.25, 0.3) is 0 Å². The summed E-state index contributed by atoms with van der Waals surface area (Å²) in [6.45, 7) is 8.50. The summed E-state index contributed by atoms with van der Waals surface area (Å²) in [5.74, 6) is 0. The van der Waals surface area contributed by atoms with Gasteiger partial charge < -0.3 is 5.73 Å². The second-order valence-electron chi connectivity index (χ2n) is 5.57. The van der Waals surface area contributed by atoms with Crippen LogP contribution in [0.3, 0.4) is 0 Å². The van der Waals surface area contributed by atoms with Crippen molar-refractivity contribution in [2.75, 3.05) is 0 Å². The standard InChI is InChI=1S/C18H23N/c1-5-15-8-10-16(11-9-15)18(4,19)17-12-13(2)6-7-14(17)3/h6-12H,5,19H2,1-4H3. The van der Waals surface area contributed by atoms with Crippen LogP contribution in [0.4, 0.5) is 0 Å². The Balaban J connectivity index is 2.48. The van der Waals surface area contributed by atoms with Gasteiger partial charge in [-0.05, 0) is 49.4 Å². The normalized spacial score (nSPS) is 14.2. The molecule has 2 N–H and O–H groups in total. The quantitative estimate of drug-likeness (QED) is 0.876. The van der Waals surface area contributed by atoms with Crippen molar-refractivity contribution in [1.29, 1.82) is 0 Å². The summed E-state index contributed by atoms with van der Waals surface area (Å²) in [5, 5.41) is 0. The zero-order chi connectivity index (χ0) is 14.0. The molecule has 100 valence electrons. The van der Waals surface area contributed by atoms with E-state index in [1.54, 1.807) is 0 Å². The smallest absolute Gasteiger partial charge is 0.0639 e. The second kappa shape index (κ2) is 5.18. The summed E-state index contributed by atoms with van der Waals surface area (Å²) in [6.07, 6.45) is 1.06. The van der Waals surface area contributed by atoms with E-state index in [-0.39, 0.29) is 0 Å². The average Bonchev–Trinajstić information content (AvgIpc) is 2.41. The highest BCUT2D eigenvalue weighted by Crippen LogP contribution is 2.29. The molecule has 19 heavy (non-hydrogen) atoms. The topological polar surface area (TPSA) is 26.0 Å². The van der Waals surface area contributed by atoms with Gasteiger partial charge in [-0.25, -0.2) is 0 Å². The van der Waals surface area contributed by atoms with Gasteiger partial charge in [0.15, 0.2) is 0 Å². The summed E-state index contributed by atoms with van der Waals surface area (Å²) in [5.41, 5.74) is 12.4. The molecule has 0 aromatic heterocycles. The SMILES string of the molecule is CCc1ccc(C(C)(N)c2cc(C)ccc2C)cc1. The van der Waals surface area contributed by atoms with Crippen molar-refractivity contribution in [3.8, 4) is 0 Å². The molecule has 0 fully saturated rings. The molecule has 0 aliphatic rings. The van der Waals surface area contributed by atoms with Crippen molar-refractivity contribution in [1.82, 2.24) is 0 Å². The molecule has 2 aromatic rings. The van der Waals surface area contributed by atoms with Crippen LogP contribution in [-0.4, -0.2) is 0 Å². The molecule has 1 nitrogen and oxygen atoms in total. The molecular weight excluding hydrogens is 230 g/mol. The first-order chi connectivity index (χ1) is 8.95. The zero-order valence-electron chi connectivity index (χ0n) is 12.3. The molecule has 0 amide bonds. The van der Waals surface area contributed by atoms with Crippen LogP contribution in [0.1, 0.15) is 41.7 Å². The van der Waals surface area contributed by atoms with Crippen LogP contribution in [0.5, 0.6) is 0 Å². The fourth-order valence-corrected chi connectivity index (χ4v) is 2.54. The van der Waals surface area contributed by atoms with E-state index in [0.717, 1.165) is 6.42 Å². The van der Waals surface area contributed by atoms with Crippen molar-refractivity contribution in [2.45, 2.75) is 39.7 Å². The number of rotatable bonds is 3. The first-order valence-corrected chi connectivity index (χ1v) is 6.91. The fraction of sp³-hybridized carbons (Fsp3) is 0.333. The Morgan fingerprint density at radius 3 is 2.21 bits per heavy atom. The summed E-state index contributed by atoms with van der Waals surface area (Å²) in [4.78, 5) is 0. The van der Waals surface area contributed by atoms with Crippen molar-refractivity contribution >= 4 is 0 Å². The number of benzene rings is 2. The highest BCUT2D eigenvalue weighted by atomic mass is 14.7. The lowest BCUT2D eigenvalue weighted by Crippen LogP contribution is -2.35. The number of aryl methyl sites for hydroxylation is 3. The Morgan fingerprint density at radius 1 is 1.00 bits per heavy atom. The van der Waals surface area contributed by atoms with Crippen LogP contribution < -0.4 is 5.73 Å². The molecule has 1 atom stereocenters. The van der Waals surface area contributed by atoms with Gasteiger partial charge >= 0.3 is 0 Å². The van der Waals surface area contributed by atoms with Gasteiger partial charge in [0, 0.05) is 0 Å². The Kier molecular flexibility index (Phi) is 3.77. The molecule has 0 aliphatic heterocycles. The highest BCUT2D eigenvalue weighted by molar-refractivity contribution is 5.43. The van der Waals surface area contributed by atoms with E-state index in [1.807, 2.05) is 0 Å². The molecule has 0 aliphatic carbocycles. The third-order valence-corrected chi connectivity index (χ3v) is 3.91. The Morgan fingerprint density at radius 2 is 1.63 bits per heavy atom. The molecule has 2 rings (SSSR count). The number of nitrogens with two attached hydrogens (primary N) is 1. The molecule has 0 radical (unpaired) electrons. The van der Waals surface area contributed by atoms with Gasteiger partial charge in [-0.15, -0.1) is 0 Å². The van der Waals surface area contributed by atoms with Gasteiger partial charge in [-0.2, -0.15) is 0 Å². The van der Waals surface area contributed by atoms with E-state index in [2.05, 4.69) is 70.2 Å². The predicted octanol–water partition coefficient (Wildman–Crippen LogP) is 4.09. The van der Waals surface area contributed by atoms with E-state index in [0.29, 0.717) is 0 Å². The van der Waals surface area contributed by atoms with Gasteiger partial charge in [-0.1, -0.05) is 55.0 Å². The first-order valence-electron chi connectivity index (χ1n) is 6.91. The van der Waals surface area contributed by atoms with Crippen molar-refractivity contribution in [3.63, 3.8) is 0 Å². The number of hydrogen-bond donors (Lipinski definition) is 1. The lowest BCUT2D eigenvalue weighted by atomic mass is 9.82. The summed E-state index contributed by atoms with van der Waals surface area (Å²) in [6, 6.07) is 15.1. The molecule has 0 saturated carbocycles.